The number of carbonyl (C=O) groups is 2. The average molecular weight is 264 g/mol. The van der Waals surface area contributed by atoms with Crippen molar-refractivity contribution in [1.29, 1.82) is 0 Å². The molecule has 0 aliphatic carbocycles. The van der Waals surface area contributed by atoms with E-state index < -0.39 is 6.04 Å². The third-order valence-electron chi connectivity index (χ3n) is 3.01. The minimum atomic E-state index is -0.468. The van der Waals surface area contributed by atoms with Crippen molar-refractivity contribution < 1.29 is 9.59 Å². The standard InChI is InChI=1S/C11H21N3O2.ClH/c1-4-13-9(15)8(2)14-10(16)11(3)5-6-12-7-11;/h8,12H,4-7H2,1-3H3,(H,13,15)(H,14,16);1H. The zero-order valence-electron chi connectivity index (χ0n) is 10.6. The molecule has 0 radical (unpaired) electrons. The molecular weight excluding hydrogens is 242 g/mol. The fourth-order valence-corrected chi connectivity index (χ4v) is 1.77. The first-order valence-electron chi connectivity index (χ1n) is 5.79. The first kappa shape index (κ1) is 16.2. The molecular formula is C11H22ClN3O2. The molecule has 2 amide bonds. The second kappa shape index (κ2) is 6.81. The van der Waals surface area contributed by atoms with Crippen molar-refractivity contribution in [3.05, 3.63) is 0 Å². The summed E-state index contributed by atoms with van der Waals surface area (Å²) in [5.41, 5.74) is -0.374. The number of nitrogens with one attached hydrogen (secondary N) is 3. The summed E-state index contributed by atoms with van der Waals surface area (Å²) in [5, 5.41) is 8.60. The van der Waals surface area contributed by atoms with Crippen molar-refractivity contribution in [2.45, 2.75) is 33.2 Å². The van der Waals surface area contributed by atoms with Gasteiger partial charge < -0.3 is 16.0 Å². The van der Waals surface area contributed by atoms with E-state index in [0.29, 0.717) is 13.1 Å². The fourth-order valence-electron chi connectivity index (χ4n) is 1.77. The van der Waals surface area contributed by atoms with Crippen LogP contribution in [0.2, 0.25) is 0 Å². The summed E-state index contributed by atoms with van der Waals surface area (Å²) in [7, 11) is 0. The Labute approximate surface area is 109 Å². The number of rotatable bonds is 4. The quantitative estimate of drug-likeness (QED) is 0.671. The molecule has 0 spiro atoms. The lowest BCUT2D eigenvalue weighted by molar-refractivity contribution is -0.133. The maximum absolute atomic E-state index is 12.0. The number of amides is 2. The van der Waals surface area contributed by atoms with E-state index in [0.717, 1.165) is 13.0 Å². The average Bonchev–Trinajstić information content (AvgIpc) is 2.66. The third-order valence-corrected chi connectivity index (χ3v) is 3.01. The maximum atomic E-state index is 12.0. The highest BCUT2D eigenvalue weighted by molar-refractivity contribution is 5.89. The van der Waals surface area contributed by atoms with Crippen molar-refractivity contribution in [3.63, 3.8) is 0 Å². The van der Waals surface area contributed by atoms with Crippen LogP contribution < -0.4 is 16.0 Å². The summed E-state index contributed by atoms with van der Waals surface area (Å²) in [4.78, 5) is 23.4. The van der Waals surface area contributed by atoms with Gasteiger partial charge in [0.05, 0.1) is 5.41 Å². The van der Waals surface area contributed by atoms with Crippen LogP contribution in [-0.2, 0) is 9.59 Å². The van der Waals surface area contributed by atoms with E-state index in [4.69, 9.17) is 0 Å². The number of halogens is 1. The van der Waals surface area contributed by atoms with E-state index in [1.807, 2.05) is 13.8 Å². The van der Waals surface area contributed by atoms with E-state index >= 15 is 0 Å². The molecule has 0 saturated carbocycles. The van der Waals surface area contributed by atoms with E-state index in [1.165, 1.54) is 0 Å². The maximum Gasteiger partial charge on any atom is 0.242 e. The lowest BCUT2D eigenvalue weighted by Gasteiger charge is -2.24. The lowest BCUT2D eigenvalue weighted by atomic mass is 9.88. The van der Waals surface area contributed by atoms with E-state index in [-0.39, 0.29) is 29.6 Å². The van der Waals surface area contributed by atoms with Gasteiger partial charge in [0.15, 0.2) is 0 Å². The van der Waals surface area contributed by atoms with Crippen LogP contribution in [0.3, 0.4) is 0 Å². The van der Waals surface area contributed by atoms with Crippen LogP contribution in [-0.4, -0.2) is 37.5 Å². The summed E-state index contributed by atoms with van der Waals surface area (Å²) in [6.07, 6.45) is 0.820. The molecule has 0 aromatic carbocycles. The van der Waals surface area contributed by atoms with Crippen molar-refractivity contribution >= 4 is 24.2 Å². The van der Waals surface area contributed by atoms with Gasteiger partial charge >= 0.3 is 0 Å². The molecule has 1 aliphatic rings. The zero-order valence-corrected chi connectivity index (χ0v) is 11.4. The SMILES string of the molecule is CCNC(=O)C(C)NC(=O)C1(C)CCNC1.Cl. The molecule has 1 fully saturated rings. The van der Waals surface area contributed by atoms with Gasteiger partial charge in [-0.3, -0.25) is 9.59 Å². The number of hydrogen-bond acceptors (Lipinski definition) is 3. The Bertz CT molecular complexity index is 278. The van der Waals surface area contributed by atoms with Crippen LogP contribution >= 0.6 is 12.4 Å². The van der Waals surface area contributed by atoms with E-state index in [1.54, 1.807) is 6.92 Å². The van der Waals surface area contributed by atoms with E-state index in [9.17, 15) is 9.59 Å². The van der Waals surface area contributed by atoms with Gasteiger partial charge in [0.25, 0.3) is 0 Å². The third kappa shape index (κ3) is 4.16. The summed E-state index contributed by atoms with van der Waals surface area (Å²) in [6.45, 7) is 7.61. The van der Waals surface area contributed by atoms with Crippen LogP contribution in [0.1, 0.15) is 27.2 Å². The van der Waals surface area contributed by atoms with Gasteiger partial charge in [0, 0.05) is 13.1 Å². The highest BCUT2D eigenvalue weighted by Gasteiger charge is 2.37. The second-order valence-electron chi connectivity index (χ2n) is 4.58. The van der Waals surface area contributed by atoms with Crippen molar-refractivity contribution in [2.24, 2.45) is 5.41 Å². The summed E-state index contributed by atoms with van der Waals surface area (Å²) in [5.74, 6) is -0.179. The Hall–Kier alpha value is -0.810. The monoisotopic (exact) mass is 263 g/mol. The summed E-state index contributed by atoms with van der Waals surface area (Å²) < 4.78 is 0. The molecule has 6 heteroatoms. The van der Waals surface area contributed by atoms with Gasteiger partial charge in [-0.15, -0.1) is 12.4 Å². The minimum absolute atomic E-state index is 0. The Balaban J connectivity index is 0.00000256. The van der Waals surface area contributed by atoms with Crippen LogP contribution in [0.4, 0.5) is 0 Å². The number of hydrogen-bond donors (Lipinski definition) is 3. The van der Waals surface area contributed by atoms with Gasteiger partial charge in [0.2, 0.25) is 11.8 Å². The molecule has 5 nitrogen and oxygen atoms in total. The Kier molecular flexibility index (Phi) is 6.49. The van der Waals surface area contributed by atoms with Crippen molar-refractivity contribution in [1.82, 2.24) is 16.0 Å². The zero-order chi connectivity index (χ0) is 12.2. The molecule has 0 aromatic heterocycles. The molecule has 100 valence electrons. The normalized spacial score (nSPS) is 24.6. The largest absolute Gasteiger partial charge is 0.355 e. The van der Waals surface area contributed by atoms with Crippen LogP contribution in [0, 0.1) is 5.41 Å². The number of carbonyl (C=O) groups excluding carboxylic acids is 2. The van der Waals surface area contributed by atoms with Crippen LogP contribution in [0.15, 0.2) is 0 Å². The van der Waals surface area contributed by atoms with Crippen LogP contribution in [0.25, 0.3) is 0 Å². The molecule has 1 aliphatic heterocycles. The second-order valence-corrected chi connectivity index (χ2v) is 4.58. The lowest BCUT2D eigenvalue weighted by Crippen LogP contribution is -2.50. The molecule has 2 unspecified atom stereocenters. The van der Waals surface area contributed by atoms with Gasteiger partial charge in [-0.25, -0.2) is 0 Å². The molecule has 1 heterocycles. The van der Waals surface area contributed by atoms with Gasteiger partial charge in [-0.1, -0.05) is 0 Å². The summed E-state index contributed by atoms with van der Waals surface area (Å²) >= 11 is 0. The molecule has 0 aromatic rings. The van der Waals surface area contributed by atoms with Crippen LogP contribution in [0.5, 0.6) is 0 Å². The molecule has 1 saturated heterocycles. The first-order valence-corrected chi connectivity index (χ1v) is 5.79. The molecule has 2 atom stereocenters. The smallest absolute Gasteiger partial charge is 0.242 e. The highest BCUT2D eigenvalue weighted by atomic mass is 35.5. The highest BCUT2D eigenvalue weighted by Crippen LogP contribution is 2.24. The van der Waals surface area contributed by atoms with Crippen molar-refractivity contribution in [2.75, 3.05) is 19.6 Å². The van der Waals surface area contributed by atoms with E-state index in [2.05, 4.69) is 16.0 Å². The molecule has 1 rings (SSSR count). The predicted octanol–water partition coefficient (Wildman–Crippen LogP) is 0.0486. The fraction of sp³-hybridized carbons (Fsp3) is 0.818. The minimum Gasteiger partial charge on any atom is -0.355 e. The number of likely N-dealkylation sites (N-methyl/N-ethyl adjacent to an activating group) is 1. The Morgan fingerprint density at radius 2 is 2.12 bits per heavy atom. The topological polar surface area (TPSA) is 70.2 Å². The Morgan fingerprint density at radius 3 is 2.59 bits per heavy atom. The van der Waals surface area contributed by atoms with Crippen molar-refractivity contribution in [3.8, 4) is 0 Å². The van der Waals surface area contributed by atoms with Gasteiger partial charge in [-0.05, 0) is 33.7 Å². The molecule has 0 bridgehead atoms. The predicted molar refractivity (Wildman–Crippen MR) is 69.1 cm³/mol. The molecule has 17 heavy (non-hydrogen) atoms. The summed E-state index contributed by atoms with van der Waals surface area (Å²) in [6, 6.07) is -0.468. The molecule has 3 N–H and O–H groups in total. The first-order chi connectivity index (χ1) is 7.49. The van der Waals surface area contributed by atoms with Gasteiger partial charge in [0.1, 0.15) is 6.04 Å². The van der Waals surface area contributed by atoms with Gasteiger partial charge in [-0.2, -0.15) is 0 Å². The Morgan fingerprint density at radius 1 is 1.47 bits per heavy atom.